The number of hydrogen-bond donors (Lipinski definition) is 1. The Hall–Kier alpha value is -3.06. The van der Waals surface area contributed by atoms with E-state index in [2.05, 4.69) is 21.2 Å². The maximum Gasteiger partial charge on any atom is 0.336 e. The van der Waals surface area contributed by atoms with Crippen molar-refractivity contribution in [2.45, 2.75) is 19.8 Å². The van der Waals surface area contributed by atoms with Gasteiger partial charge in [-0.15, -0.1) is 0 Å². The summed E-state index contributed by atoms with van der Waals surface area (Å²) in [5, 5.41) is 3.28. The maximum atomic E-state index is 13.5. The van der Waals surface area contributed by atoms with Gasteiger partial charge in [-0.1, -0.05) is 40.2 Å². The number of nitrogens with one attached hydrogen (secondary N) is 1. The molecule has 1 atom stereocenters. The van der Waals surface area contributed by atoms with E-state index in [-0.39, 0.29) is 5.78 Å². The first kappa shape index (κ1) is 21.2. The fourth-order valence-electron chi connectivity index (χ4n) is 4.22. The van der Waals surface area contributed by atoms with Gasteiger partial charge in [0.25, 0.3) is 0 Å². The van der Waals surface area contributed by atoms with Gasteiger partial charge in [-0.3, -0.25) is 4.79 Å². The van der Waals surface area contributed by atoms with Crippen LogP contribution in [0.1, 0.15) is 41.3 Å². The van der Waals surface area contributed by atoms with E-state index in [1.807, 2.05) is 38.1 Å². The van der Waals surface area contributed by atoms with E-state index in [1.165, 1.54) is 7.11 Å². The molecule has 2 aromatic rings. The predicted molar refractivity (Wildman–Crippen MR) is 120 cm³/mol. The van der Waals surface area contributed by atoms with Gasteiger partial charge in [0.15, 0.2) is 17.3 Å². The van der Waals surface area contributed by atoms with Gasteiger partial charge in [0.1, 0.15) is 0 Å². The Labute approximate surface area is 189 Å². The number of ketones is 1. The number of carbonyl (C=O) groups is 2. The van der Waals surface area contributed by atoms with E-state index in [4.69, 9.17) is 14.2 Å². The molecule has 6 nitrogen and oxygen atoms in total. The van der Waals surface area contributed by atoms with Crippen molar-refractivity contribution in [2.24, 2.45) is 0 Å². The van der Waals surface area contributed by atoms with Gasteiger partial charge in [-0.25, -0.2) is 4.79 Å². The number of halogens is 1. The number of carbonyl (C=O) groups excluding carboxylic acids is 2. The number of allylic oxidation sites excluding steroid dienone is 2. The minimum Gasteiger partial charge on any atom is -0.493 e. The summed E-state index contributed by atoms with van der Waals surface area (Å²) in [4.78, 5) is 26.3. The summed E-state index contributed by atoms with van der Waals surface area (Å²) in [6.07, 6.45) is 0. The molecule has 0 amide bonds. The third kappa shape index (κ3) is 3.33. The van der Waals surface area contributed by atoms with Gasteiger partial charge < -0.3 is 19.5 Å². The van der Waals surface area contributed by atoms with Crippen molar-refractivity contribution in [1.82, 2.24) is 5.32 Å². The van der Waals surface area contributed by atoms with E-state index in [0.29, 0.717) is 45.0 Å². The average Bonchev–Trinajstić information content (AvgIpc) is 3.05. The summed E-state index contributed by atoms with van der Waals surface area (Å²) in [6.45, 7) is 4.18. The molecule has 7 heteroatoms. The summed E-state index contributed by atoms with van der Waals surface area (Å²) in [5.74, 6) is -0.153. The van der Waals surface area contributed by atoms with E-state index in [9.17, 15) is 9.59 Å². The van der Waals surface area contributed by atoms with Gasteiger partial charge >= 0.3 is 5.97 Å². The van der Waals surface area contributed by atoms with Crippen LogP contribution in [0.3, 0.4) is 0 Å². The molecule has 1 N–H and O–H groups in total. The molecule has 160 valence electrons. The quantitative estimate of drug-likeness (QED) is 0.626. The lowest BCUT2D eigenvalue weighted by Gasteiger charge is -2.30. The fourth-order valence-corrected chi connectivity index (χ4v) is 4.77. The van der Waals surface area contributed by atoms with Crippen LogP contribution in [0, 0.1) is 0 Å². The second kappa shape index (κ2) is 8.23. The Morgan fingerprint density at radius 1 is 1.13 bits per heavy atom. The number of fused-ring (bicyclic) bond motifs is 2. The Morgan fingerprint density at radius 3 is 2.48 bits per heavy atom. The highest BCUT2D eigenvalue weighted by Gasteiger charge is 2.43. The average molecular weight is 484 g/mol. The summed E-state index contributed by atoms with van der Waals surface area (Å²) < 4.78 is 17.0. The number of hydrogen-bond acceptors (Lipinski definition) is 6. The van der Waals surface area contributed by atoms with Crippen molar-refractivity contribution in [1.29, 1.82) is 0 Å². The first-order chi connectivity index (χ1) is 14.9. The molecule has 0 spiro atoms. The van der Waals surface area contributed by atoms with Crippen LogP contribution in [0.25, 0.3) is 5.70 Å². The molecule has 1 aliphatic carbocycles. The Bertz CT molecular complexity index is 1160. The van der Waals surface area contributed by atoms with E-state index >= 15 is 0 Å². The van der Waals surface area contributed by atoms with Crippen molar-refractivity contribution < 1.29 is 23.8 Å². The SMILES string of the molecule is CCOc1cc(Br)c([C@H]2C(C(=O)OC)=C(C)NC3=C2C(=O)c2ccccc23)cc1OC. The van der Waals surface area contributed by atoms with Crippen LogP contribution >= 0.6 is 15.9 Å². The van der Waals surface area contributed by atoms with E-state index in [1.54, 1.807) is 19.2 Å². The third-order valence-corrected chi connectivity index (χ3v) is 6.23. The van der Waals surface area contributed by atoms with Gasteiger partial charge in [0.2, 0.25) is 0 Å². The van der Waals surface area contributed by atoms with Gasteiger partial charge in [-0.05, 0) is 31.5 Å². The van der Waals surface area contributed by atoms with Crippen molar-refractivity contribution in [3.05, 3.63) is 74.4 Å². The number of methoxy groups -OCH3 is 2. The van der Waals surface area contributed by atoms with Crippen LogP contribution in [-0.4, -0.2) is 32.6 Å². The molecule has 0 aromatic heterocycles. The van der Waals surface area contributed by atoms with Crippen molar-refractivity contribution in [2.75, 3.05) is 20.8 Å². The molecule has 0 bridgehead atoms. The van der Waals surface area contributed by atoms with E-state index < -0.39 is 11.9 Å². The molecule has 0 fully saturated rings. The lowest BCUT2D eigenvalue weighted by Crippen LogP contribution is -2.29. The first-order valence-corrected chi connectivity index (χ1v) is 10.7. The van der Waals surface area contributed by atoms with Gasteiger partial charge in [0.05, 0.1) is 38.0 Å². The summed E-state index contributed by atoms with van der Waals surface area (Å²) in [5.41, 5.74) is 4.40. The normalized spacial score (nSPS) is 17.2. The minimum atomic E-state index is -0.637. The molecule has 31 heavy (non-hydrogen) atoms. The topological polar surface area (TPSA) is 73.9 Å². The molecule has 4 rings (SSSR count). The van der Waals surface area contributed by atoms with Crippen LogP contribution in [-0.2, 0) is 9.53 Å². The smallest absolute Gasteiger partial charge is 0.336 e. The van der Waals surface area contributed by atoms with Crippen LogP contribution in [0.15, 0.2) is 57.7 Å². The van der Waals surface area contributed by atoms with Crippen molar-refractivity contribution in [3.63, 3.8) is 0 Å². The predicted octanol–water partition coefficient (Wildman–Crippen LogP) is 4.60. The zero-order valence-corrected chi connectivity index (χ0v) is 19.3. The lowest BCUT2D eigenvalue weighted by molar-refractivity contribution is -0.136. The summed E-state index contributed by atoms with van der Waals surface area (Å²) in [7, 11) is 2.89. The molecule has 0 unspecified atom stereocenters. The zero-order chi connectivity index (χ0) is 22.3. The van der Waals surface area contributed by atoms with Crippen molar-refractivity contribution in [3.8, 4) is 11.5 Å². The standard InChI is InChI=1S/C24H22BrNO5/c1-5-31-18-11-16(25)15(10-17(18)29-3)20-19(24(28)30-4)12(2)26-22-13-8-6-7-9-14(13)23(27)21(20)22/h6-11,20,26H,5H2,1-4H3/t20-/m0/s1. The highest BCUT2D eigenvalue weighted by molar-refractivity contribution is 9.10. The third-order valence-electron chi connectivity index (χ3n) is 5.55. The van der Waals surface area contributed by atoms with Crippen LogP contribution in [0.2, 0.25) is 0 Å². The number of rotatable bonds is 5. The summed E-state index contributed by atoms with van der Waals surface area (Å²) in [6, 6.07) is 11.0. The number of dihydropyridines is 1. The minimum absolute atomic E-state index is 0.114. The van der Waals surface area contributed by atoms with Gasteiger partial charge in [0, 0.05) is 26.9 Å². The fraction of sp³-hybridized carbons (Fsp3) is 0.250. The maximum absolute atomic E-state index is 13.5. The number of esters is 1. The molecule has 2 aliphatic rings. The van der Waals surface area contributed by atoms with Crippen LogP contribution in [0.5, 0.6) is 11.5 Å². The highest BCUT2D eigenvalue weighted by Crippen LogP contribution is 2.49. The molecule has 2 aromatic carbocycles. The van der Waals surface area contributed by atoms with Gasteiger partial charge in [-0.2, -0.15) is 0 Å². The number of benzene rings is 2. The number of ether oxygens (including phenoxy) is 3. The van der Waals surface area contributed by atoms with Crippen molar-refractivity contribution >= 4 is 33.4 Å². The molecule has 1 aliphatic heterocycles. The van der Waals surface area contributed by atoms with Crippen LogP contribution < -0.4 is 14.8 Å². The lowest BCUT2D eigenvalue weighted by atomic mass is 9.79. The highest BCUT2D eigenvalue weighted by atomic mass is 79.9. The van der Waals surface area contributed by atoms with E-state index in [0.717, 1.165) is 16.8 Å². The largest absolute Gasteiger partial charge is 0.493 e. The zero-order valence-electron chi connectivity index (χ0n) is 17.7. The molecular weight excluding hydrogens is 462 g/mol. The Morgan fingerprint density at radius 2 is 1.84 bits per heavy atom. The summed E-state index contributed by atoms with van der Waals surface area (Å²) >= 11 is 3.62. The van der Waals surface area contributed by atoms with Crippen LogP contribution in [0.4, 0.5) is 0 Å². The number of Topliss-reactive ketones (excluding diaryl/α,β-unsaturated/α-hetero) is 1. The molecule has 0 saturated carbocycles. The second-order valence-corrected chi connectivity index (χ2v) is 8.06. The Kier molecular flexibility index (Phi) is 5.62. The molecule has 0 radical (unpaired) electrons. The molecule has 0 saturated heterocycles. The molecule has 1 heterocycles. The molecular formula is C24H22BrNO5. The monoisotopic (exact) mass is 483 g/mol. The Balaban J connectivity index is 1.98. The first-order valence-electron chi connectivity index (χ1n) is 9.87. The second-order valence-electron chi connectivity index (χ2n) is 7.21.